The summed E-state index contributed by atoms with van der Waals surface area (Å²) in [4.78, 5) is 23.2. The number of amides is 1. The molecule has 108 valence electrons. The molecule has 0 aromatic heterocycles. The Morgan fingerprint density at radius 2 is 1.85 bits per heavy atom. The van der Waals surface area contributed by atoms with Crippen LogP contribution in [0, 0.1) is 0 Å². The van der Waals surface area contributed by atoms with Gasteiger partial charge in [-0.3, -0.25) is 4.79 Å². The summed E-state index contributed by atoms with van der Waals surface area (Å²) in [6.07, 6.45) is 5.20. The number of para-hydroxylation sites is 1. The van der Waals surface area contributed by atoms with E-state index < -0.39 is 11.5 Å². The third-order valence-corrected chi connectivity index (χ3v) is 3.79. The molecular formula is C15H20N2O3. The lowest BCUT2D eigenvalue weighted by molar-refractivity contribution is -0.117. The maximum atomic E-state index is 12.1. The summed E-state index contributed by atoms with van der Waals surface area (Å²) in [7, 11) is 0. The predicted molar refractivity (Wildman–Crippen MR) is 76.7 cm³/mol. The van der Waals surface area contributed by atoms with Crippen LogP contribution >= 0.6 is 0 Å². The van der Waals surface area contributed by atoms with Gasteiger partial charge >= 0.3 is 5.97 Å². The summed E-state index contributed by atoms with van der Waals surface area (Å²) in [5, 5.41) is 11.7. The summed E-state index contributed by atoms with van der Waals surface area (Å²) in [5.41, 5.74) is 6.21. The monoisotopic (exact) mass is 276 g/mol. The van der Waals surface area contributed by atoms with Gasteiger partial charge in [0, 0.05) is 12.0 Å². The molecule has 2 rings (SSSR count). The summed E-state index contributed by atoms with van der Waals surface area (Å²) < 4.78 is 0. The van der Waals surface area contributed by atoms with Crippen LogP contribution in [0.3, 0.4) is 0 Å². The summed E-state index contributed by atoms with van der Waals surface area (Å²) in [5.74, 6) is -1.27. The maximum absolute atomic E-state index is 12.1. The number of benzene rings is 1. The minimum atomic E-state index is -1.05. The van der Waals surface area contributed by atoms with Crippen molar-refractivity contribution < 1.29 is 14.7 Å². The molecule has 1 aliphatic carbocycles. The SMILES string of the molecule is NC1(CC(=O)Nc2ccccc2C(=O)O)CCCCC1. The second-order valence-electron chi connectivity index (χ2n) is 5.50. The van der Waals surface area contributed by atoms with Crippen LogP contribution in [0.4, 0.5) is 5.69 Å². The second-order valence-corrected chi connectivity index (χ2v) is 5.50. The molecule has 0 bridgehead atoms. The smallest absolute Gasteiger partial charge is 0.337 e. The van der Waals surface area contributed by atoms with Gasteiger partial charge in [0.1, 0.15) is 0 Å². The molecule has 1 fully saturated rings. The van der Waals surface area contributed by atoms with E-state index in [2.05, 4.69) is 5.32 Å². The average molecular weight is 276 g/mol. The third-order valence-electron chi connectivity index (χ3n) is 3.79. The van der Waals surface area contributed by atoms with E-state index in [1.165, 1.54) is 12.5 Å². The van der Waals surface area contributed by atoms with Crippen LogP contribution in [-0.2, 0) is 4.79 Å². The first-order valence-electron chi connectivity index (χ1n) is 6.91. The Morgan fingerprint density at radius 3 is 2.50 bits per heavy atom. The zero-order valence-electron chi connectivity index (χ0n) is 11.4. The number of aromatic carboxylic acids is 1. The van der Waals surface area contributed by atoms with Crippen LogP contribution in [0.25, 0.3) is 0 Å². The van der Waals surface area contributed by atoms with E-state index in [1.807, 2.05) is 0 Å². The number of carbonyl (C=O) groups is 2. The van der Waals surface area contributed by atoms with Gasteiger partial charge in [-0.1, -0.05) is 31.4 Å². The fourth-order valence-corrected chi connectivity index (χ4v) is 2.73. The number of anilines is 1. The molecule has 5 nitrogen and oxygen atoms in total. The lowest BCUT2D eigenvalue weighted by atomic mass is 9.80. The Hall–Kier alpha value is -1.88. The number of hydrogen-bond acceptors (Lipinski definition) is 3. The van der Waals surface area contributed by atoms with Gasteiger partial charge in [0.2, 0.25) is 5.91 Å². The lowest BCUT2D eigenvalue weighted by Crippen LogP contribution is -2.44. The van der Waals surface area contributed by atoms with Crippen molar-refractivity contribution >= 4 is 17.6 Å². The number of hydrogen-bond donors (Lipinski definition) is 3. The minimum absolute atomic E-state index is 0.0931. The normalized spacial score (nSPS) is 17.4. The molecule has 0 aliphatic heterocycles. The van der Waals surface area contributed by atoms with Crippen molar-refractivity contribution in [3.05, 3.63) is 29.8 Å². The van der Waals surface area contributed by atoms with E-state index in [4.69, 9.17) is 10.8 Å². The highest BCUT2D eigenvalue weighted by Crippen LogP contribution is 2.29. The molecule has 0 atom stereocenters. The molecule has 1 aromatic carbocycles. The van der Waals surface area contributed by atoms with E-state index >= 15 is 0 Å². The zero-order valence-corrected chi connectivity index (χ0v) is 11.4. The van der Waals surface area contributed by atoms with Crippen LogP contribution in [0.2, 0.25) is 0 Å². The van der Waals surface area contributed by atoms with Gasteiger partial charge < -0.3 is 16.2 Å². The molecule has 1 amide bonds. The second kappa shape index (κ2) is 6.05. The first kappa shape index (κ1) is 14.5. The van der Waals surface area contributed by atoms with Gasteiger partial charge in [0.25, 0.3) is 0 Å². The van der Waals surface area contributed by atoms with Gasteiger partial charge in [0.15, 0.2) is 0 Å². The summed E-state index contributed by atoms with van der Waals surface area (Å²) >= 11 is 0. The molecule has 0 saturated heterocycles. The highest BCUT2D eigenvalue weighted by atomic mass is 16.4. The van der Waals surface area contributed by atoms with Gasteiger partial charge in [-0.25, -0.2) is 4.79 Å². The van der Waals surface area contributed by atoms with E-state index in [-0.39, 0.29) is 17.9 Å². The van der Waals surface area contributed by atoms with Gasteiger partial charge in [-0.2, -0.15) is 0 Å². The molecule has 0 radical (unpaired) electrons. The Morgan fingerprint density at radius 1 is 1.20 bits per heavy atom. The Kier molecular flexibility index (Phi) is 4.39. The molecule has 20 heavy (non-hydrogen) atoms. The van der Waals surface area contributed by atoms with Crippen molar-refractivity contribution in [2.45, 2.75) is 44.1 Å². The molecule has 0 unspecified atom stereocenters. The third kappa shape index (κ3) is 3.57. The van der Waals surface area contributed by atoms with Gasteiger partial charge in [0.05, 0.1) is 11.3 Å². The van der Waals surface area contributed by atoms with Crippen LogP contribution in [0.5, 0.6) is 0 Å². The van der Waals surface area contributed by atoms with Crippen molar-refractivity contribution in [1.82, 2.24) is 0 Å². The molecule has 5 heteroatoms. The summed E-state index contributed by atoms with van der Waals surface area (Å²) in [6, 6.07) is 6.38. The largest absolute Gasteiger partial charge is 0.478 e. The van der Waals surface area contributed by atoms with E-state index in [0.29, 0.717) is 5.69 Å². The molecule has 0 spiro atoms. The maximum Gasteiger partial charge on any atom is 0.337 e. The van der Waals surface area contributed by atoms with Crippen molar-refractivity contribution in [2.24, 2.45) is 5.73 Å². The van der Waals surface area contributed by atoms with Crippen molar-refractivity contribution in [2.75, 3.05) is 5.32 Å². The topological polar surface area (TPSA) is 92.4 Å². The number of rotatable bonds is 4. The molecule has 0 heterocycles. The van der Waals surface area contributed by atoms with Crippen molar-refractivity contribution in [1.29, 1.82) is 0 Å². The highest BCUT2D eigenvalue weighted by molar-refractivity contribution is 6.00. The fraction of sp³-hybridized carbons (Fsp3) is 0.467. The average Bonchev–Trinajstić information content (AvgIpc) is 2.39. The van der Waals surface area contributed by atoms with E-state index in [1.54, 1.807) is 18.2 Å². The van der Waals surface area contributed by atoms with Crippen LogP contribution < -0.4 is 11.1 Å². The Balaban J connectivity index is 2.03. The number of carboxylic acid groups (broad SMARTS) is 1. The number of nitrogens with two attached hydrogens (primary N) is 1. The molecule has 1 aliphatic rings. The number of nitrogens with one attached hydrogen (secondary N) is 1. The summed E-state index contributed by atoms with van der Waals surface area (Å²) in [6.45, 7) is 0. The lowest BCUT2D eigenvalue weighted by Gasteiger charge is -2.32. The van der Waals surface area contributed by atoms with Crippen molar-refractivity contribution in [3.63, 3.8) is 0 Å². The molecule has 4 N–H and O–H groups in total. The van der Waals surface area contributed by atoms with Crippen LogP contribution in [0.15, 0.2) is 24.3 Å². The van der Waals surface area contributed by atoms with Crippen LogP contribution in [-0.4, -0.2) is 22.5 Å². The first-order chi connectivity index (χ1) is 9.50. The number of carbonyl (C=O) groups excluding carboxylic acids is 1. The van der Waals surface area contributed by atoms with E-state index in [0.717, 1.165) is 25.7 Å². The van der Waals surface area contributed by atoms with Crippen molar-refractivity contribution in [3.8, 4) is 0 Å². The molecular weight excluding hydrogens is 256 g/mol. The van der Waals surface area contributed by atoms with Crippen LogP contribution in [0.1, 0.15) is 48.9 Å². The quantitative estimate of drug-likeness (QED) is 0.787. The Labute approximate surface area is 118 Å². The Bertz CT molecular complexity index is 508. The van der Waals surface area contributed by atoms with Gasteiger partial charge in [-0.15, -0.1) is 0 Å². The van der Waals surface area contributed by atoms with E-state index in [9.17, 15) is 9.59 Å². The highest BCUT2D eigenvalue weighted by Gasteiger charge is 2.30. The molecule has 1 aromatic rings. The minimum Gasteiger partial charge on any atom is -0.478 e. The van der Waals surface area contributed by atoms with Gasteiger partial charge in [-0.05, 0) is 25.0 Å². The molecule has 1 saturated carbocycles. The standard InChI is InChI=1S/C15H20N2O3/c16-15(8-4-1-5-9-15)10-13(18)17-12-7-3-2-6-11(12)14(19)20/h2-3,6-7H,1,4-5,8-10,16H2,(H,17,18)(H,19,20). The first-order valence-corrected chi connectivity index (χ1v) is 6.91. The predicted octanol–water partition coefficient (Wildman–Crippen LogP) is 2.38. The number of carboxylic acids is 1. The fourth-order valence-electron chi connectivity index (χ4n) is 2.73. The zero-order chi connectivity index (χ0) is 14.6.